The van der Waals surface area contributed by atoms with Crippen LogP contribution in [-0.2, 0) is 0 Å². The summed E-state index contributed by atoms with van der Waals surface area (Å²) in [6, 6.07) is 4.85. The molecule has 0 saturated heterocycles. The minimum atomic E-state index is -0.364. The summed E-state index contributed by atoms with van der Waals surface area (Å²) in [6.45, 7) is 2.64. The van der Waals surface area contributed by atoms with Gasteiger partial charge in [-0.2, -0.15) is 0 Å². The highest BCUT2D eigenvalue weighted by molar-refractivity contribution is 6.36. The molecule has 0 aliphatic carbocycles. The predicted octanol–water partition coefficient (Wildman–Crippen LogP) is 2.88. The van der Waals surface area contributed by atoms with Crippen molar-refractivity contribution < 1.29 is 9.90 Å². The summed E-state index contributed by atoms with van der Waals surface area (Å²) in [4.78, 5) is 13.9. The summed E-state index contributed by atoms with van der Waals surface area (Å²) in [7, 11) is 1.83. The predicted molar refractivity (Wildman–Crippen MR) is 74.6 cm³/mol. The Morgan fingerprint density at radius 1 is 1.44 bits per heavy atom. The number of hydrogen-bond donors (Lipinski definition) is 1. The van der Waals surface area contributed by atoms with Crippen LogP contribution < -0.4 is 0 Å². The molecule has 0 spiro atoms. The van der Waals surface area contributed by atoms with Gasteiger partial charge in [-0.15, -0.1) is 0 Å². The third-order valence-corrected chi connectivity index (χ3v) is 3.14. The highest BCUT2D eigenvalue weighted by Gasteiger charge is 2.13. The number of hydrogen-bond acceptors (Lipinski definition) is 3. The van der Waals surface area contributed by atoms with E-state index in [-0.39, 0.29) is 18.4 Å². The van der Waals surface area contributed by atoms with E-state index in [0.717, 1.165) is 0 Å². The minimum absolute atomic E-state index is 0.0735. The summed E-state index contributed by atoms with van der Waals surface area (Å²) in [5, 5.41) is 10.1. The van der Waals surface area contributed by atoms with Gasteiger partial charge >= 0.3 is 0 Å². The summed E-state index contributed by atoms with van der Waals surface area (Å²) >= 11 is 11.8. The topological polar surface area (TPSA) is 40.5 Å². The van der Waals surface area contributed by atoms with Crippen LogP contribution in [-0.4, -0.2) is 42.0 Å². The van der Waals surface area contributed by atoms with Gasteiger partial charge in [-0.25, -0.2) is 0 Å². The molecule has 0 aliphatic rings. The van der Waals surface area contributed by atoms with Crippen molar-refractivity contribution >= 4 is 29.0 Å². The lowest BCUT2D eigenvalue weighted by Crippen LogP contribution is -2.28. The van der Waals surface area contributed by atoms with Crippen molar-refractivity contribution in [1.29, 1.82) is 0 Å². The monoisotopic (exact) mass is 289 g/mol. The van der Waals surface area contributed by atoms with E-state index in [1.54, 1.807) is 25.1 Å². The van der Waals surface area contributed by atoms with Crippen molar-refractivity contribution in [2.45, 2.75) is 19.4 Å². The summed E-state index contributed by atoms with van der Waals surface area (Å²) in [6.07, 6.45) is 0.268. The molecular formula is C13H17Cl2NO2. The quantitative estimate of drug-likeness (QED) is 0.819. The normalized spacial score (nSPS) is 12.8. The number of carbonyl (C=O) groups excluding carboxylic acids is 1. The van der Waals surface area contributed by atoms with Gasteiger partial charge in [0, 0.05) is 17.1 Å². The second-order valence-electron chi connectivity index (χ2n) is 4.42. The SMILES string of the molecule is CC(O)CCN(C)CC(=O)c1cc(Cl)ccc1Cl. The van der Waals surface area contributed by atoms with Gasteiger partial charge in [0.2, 0.25) is 0 Å². The number of likely N-dealkylation sites (N-methyl/N-ethyl adjacent to an activating group) is 1. The van der Waals surface area contributed by atoms with Crippen molar-refractivity contribution in [2.75, 3.05) is 20.1 Å². The first-order valence-electron chi connectivity index (χ1n) is 5.75. The first kappa shape index (κ1) is 15.4. The number of benzene rings is 1. The maximum Gasteiger partial charge on any atom is 0.178 e. The average molecular weight is 290 g/mol. The Kier molecular flexibility index (Phi) is 6.09. The van der Waals surface area contributed by atoms with E-state index in [9.17, 15) is 9.90 Å². The molecule has 0 bridgehead atoms. The first-order chi connectivity index (χ1) is 8.40. The second-order valence-corrected chi connectivity index (χ2v) is 5.27. The molecule has 0 radical (unpaired) electrons. The number of rotatable bonds is 6. The van der Waals surface area contributed by atoms with Crippen LogP contribution in [0.15, 0.2) is 18.2 Å². The van der Waals surface area contributed by atoms with Crippen LogP contribution in [0.5, 0.6) is 0 Å². The van der Waals surface area contributed by atoms with Crippen molar-refractivity contribution in [3.8, 4) is 0 Å². The van der Waals surface area contributed by atoms with Crippen molar-refractivity contribution in [2.24, 2.45) is 0 Å². The van der Waals surface area contributed by atoms with Gasteiger partial charge in [-0.3, -0.25) is 9.69 Å². The molecular weight excluding hydrogens is 273 g/mol. The minimum Gasteiger partial charge on any atom is -0.393 e. The molecule has 1 aromatic rings. The van der Waals surface area contributed by atoms with Gasteiger partial charge in [-0.1, -0.05) is 23.2 Å². The lowest BCUT2D eigenvalue weighted by Gasteiger charge is -2.17. The largest absolute Gasteiger partial charge is 0.393 e. The molecule has 0 heterocycles. The maximum absolute atomic E-state index is 12.0. The van der Waals surface area contributed by atoms with Crippen LogP contribution in [0.25, 0.3) is 0 Å². The molecule has 1 rings (SSSR count). The van der Waals surface area contributed by atoms with Gasteiger partial charge in [-0.05, 0) is 38.6 Å². The maximum atomic E-state index is 12.0. The molecule has 5 heteroatoms. The van der Waals surface area contributed by atoms with Crippen LogP contribution in [0.2, 0.25) is 10.0 Å². The fourth-order valence-corrected chi connectivity index (χ4v) is 1.92. The number of carbonyl (C=O) groups is 1. The lowest BCUT2D eigenvalue weighted by molar-refractivity contribution is 0.0931. The van der Waals surface area contributed by atoms with Gasteiger partial charge in [0.1, 0.15) is 0 Å². The van der Waals surface area contributed by atoms with E-state index in [0.29, 0.717) is 28.6 Å². The molecule has 0 saturated carbocycles. The number of ketones is 1. The van der Waals surface area contributed by atoms with E-state index < -0.39 is 0 Å². The number of aliphatic hydroxyl groups is 1. The fourth-order valence-electron chi connectivity index (χ4n) is 1.53. The molecule has 3 nitrogen and oxygen atoms in total. The second kappa shape index (κ2) is 7.10. The molecule has 0 fully saturated rings. The van der Waals surface area contributed by atoms with Crippen LogP contribution in [0.3, 0.4) is 0 Å². The first-order valence-corrected chi connectivity index (χ1v) is 6.50. The third-order valence-electron chi connectivity index (χ3n) is 2.57. The number of halogens is 2. The Labute approximate surface area is 117 Å². The fraction of sp³-hybridized carbons (Fsp3) is 0.462. The number of aliphatic hydroxyl groups excluding tert-OH is 1. The van der Waals surface area contributed by atoms with Crippen molar-refractivity contribution in [3.63, 3.8) is 0 Å². The Hall–Kier alpha value is -0.610. The zero-order chi connectivity index (χ0) is 13.7. The van der Waals surface area contributed by atoms with Gasteiger partial charge in [0.25, 0.3) is 0 Å². The molecule has 1 unspecified atom stereocenters. The van der Waals surface area contributed by atoms with E-state index in [1.807, 2.05) is 11.9 Å². The Bertz CT molecular complexity index is 421. The van der Waals surface area contributed by atoms with Crippen LogP contribution in [0, 0.1) is 0 Å². The highest BCUT2D eigenvalue weighted by atomic mass is 35.5. The number of Topliss-reactive ketones (excluding diaryl/α,β-unsaturated/α-hetero) is 1. The summed E-state index contributed by atoms with van der Waals surface area (Å²) in [5.74, 6) is -0.0735. The molecule has 1 aromatic carbocycles. The lowest BCUT2D eigenvalue weighted by atomic mass is 10.1. The van der Waals surface area contributed by atoms with Gasteiger partial charge < -0.3 is 5.11 Å². The summed E-state index contributed by atoms with van der Waals surface area (Å²) in [5.41, 5.74) is 0.438. The van der Waals surface area contributed by atoms with Crippen molar-refractivity contribution in [3.05, 3.63) is 33.8 Å². The molecule has 18 heavy (non-hydrogen) atoms. The van der Waals surface area contributed by atoms with Crippen molar-refractivity contribution in [1.82, 2.24) is 4.90 Å². The van der Waals surface area contributed by atoms with E-state index in [1.165, 1.54) is 0 Å². The Balaban J connectivity index is 2.62. The van der Waals surface area contributed by atoms with Crippen LogP contribution in [0.1, 0.15) is 23.7 Å². The standard InChI is InChI=1S/C13H17Cl2NO2/c1-9(17)5-6-16(2)8-13(18)11-7-10(14)3-4-12(11)15/h3-4,7,9,17H,5-6,8H2,1-2H3. The molecule has 0 aliphatic heterocycles. The zero-order valence-electron chi connectivity index (χ0n) is 10.5. The van der Waals surface area contributed by atoms with E-state index in [2.05, 4.69) is 0 Å². The Morgan fingerprint density at radius 2 is 2.11 bits per heavy atom. The zero-order valence-corrected chi connectivity index (χ0v) is 12.0. The molecule has 1 atom stereocenters. The summed E-state index contributed by atoms with van der Waals surface area (Å²) < 4.78 is 0. The van der Waals surface area contributed by atoms with Crippen LogP contribution in [0.4, 0.5) is 0 Å². The average Bonchev–Trinajstić information content (AvgIpc) is 2.29. The highest BCUT2D eigenvalue weighted by Crippen LogP contribution is 2.21. The smallest absolute Gasteiger partial charge is 0.178 e. The number of nitrogens with zero attached hydrogens (tertiary/aromatic N) is 1. The van der Waals surface area contributed by atoms with E-state index >= 15 is 0 Å². The molecule has 1 N–H and O–H groups in total. The van der Waals surface area contributed by atoms with Gasteiger partial charge in [0.05, 0.1) is 17.7 Å². The molecule has 0 aromatic heterocycles. The van der Waals surface area contributed by atoms with Crippen LogP contribution >= 0.6 is 23.2 Å². The third kappa shape index (κ3) is 4.94. The molecule has 100 valence electrons. The molecule has 0 amide bonds. The van der Waals surface area contributed by atoms with E-state index in [4.69, 9.17) is 23.2 Å². The Morgan fingerprint density at radius 3 is 2.72 bits per heavy atom. The van der Waals surface area contributed by atoms with Gasteiger partial charge in [0.15, 0.2) is 5.78 Å².